The zero-order chi connectivity index (χ0) is 19.7. The lowest BCUT2D eigenvalue weighted by molar-refractivity contribution is -0.120. The molecule has 1 amide bonds. The van der Waals surface area contributed by atoms with Crippen LogP contribution in [0.3, 0.4) is 0 Å². The molecule has 2 aromatic carbocycles. The minimum absolute atomic E-state index is 0.00564. The zero-order valence-electron chi connectivity index (χ0n) is 16.1. The van der Waals surface area contributed by atoms with Crippen LogP contribution in [0.25, 0.3) is 0 Å². The highest BCUT2D eigenvalue weighted by atomic mass is 16.5. The van der Waals surface area contributed by atoms with Crippen LogP contribution < -0.4 is 14.8 Å². The highest BCUT2D eigenvalue weighted by molar-refractivity contribution is 5.78. The van der Waals surface area contributed by atoms with Gasteiger partial charge in [-0.15, -0.1) is 0 Å². The lowest BCUT2D eigenvalue weighted by atomic mass is 9.86. The fraction of sp³-hybridized carbons (Fsp3) is 0.364. The van der Waals surface area contributed by atoms with E-state index in [2.05, 4.69) is 32.2 Å². The Balaban J connectivity index is 1.90. The molecule has 0 unspecified atom stereocenters. The van der Waals surface area contributed by atoms with E-state index in [1.54, 1.807) is 0 Å². The molecule has 0 fully saturated rings. The fourth-order valence-electron chi connectivity index (χ4n) is 2.63. The van der Waals surface area contributed by atoms with Gasteiger partial charge in [-0.25, -0.2) is 0 Å². The van der Waals surface area contributed by atoms with Gasteiger partial charge < -0.3 is 14.8 Å². The van der Waals surface area contributed by atoms with Crippen LogP contribution >= 0.6 is 0 Å². The first-order chi connectivity index (χ1) is 12.9. The molecule has 0 bridgehead atoms. The van der Waals surface area contributed by atoms with E-state index in [0.717, 1.165) is 16.9 Å². The SMILES string of the molecule is CC(C)(C)c1ccccc1OCCOc1ccccc1CNC(=O)CC#N. The van der Waals surface area contributed by atoms with E-state index in [9.17, 15) is 4.79 Å². The van der Waals surface area contributed by atoms with Gasteiger partial charge in [0.15, 0.2) is 0 Å². The number of carbonyl (C=O) groups excluding carboxylic acids is 1. The van der Waals surface area contributed by atoms with E-state index in [1.165, 1.54) is 0 Å². The minimum Gasteiger partial charge on any atom is -0.490 e. The van der Waals surface area contributed by atoms with Crippen molar-refractivity contribution in [1.82, 2.24) is 5.32 Å². The molecule has 0 radical (unpaired) electrons. The molecule has 0 saturated carbocycles. The number of hydrogen-bond donors (Lipinski definition) is 1. The second-order valence-corrected chi connectivity index (χ2v) is 7.16. The number of amides is 1. The summed E-state index contributed by atoms with van der Waals surface area (Å²) in [5, 5.41) is 11.3. The van der Waals surface area contributed by atoms with Crippen molar-refractivity contribution in [2.75, 3.05) is 13.2 Å². The standard InChI is InChI=1S/C22H26N2O3/c1-22(2,3)18-9-5-7-11-20(18)27-15-14-26-19-10-6-4-8-17(19)16-24-21(25)12-13-23/h4-11H,12,14-16H2,1-3H3,(H,24,25). The molecule has 0 saturated heterocycles. The van der Waals surface area contributed by atoms with Gasteiger partial charge in [0.05, 0.1) is 6.07 Å². The van der Waals surface area contributed by atoms with Crippen LogP contribution in [0, 0.1) is 11.3 Å². The van der Waals surface area contributed by atoms with E-state index in [-0.39, 0.29) is 17.7 Å². The van der Waals surface area contributed by atoms with E-state index >= 15 is 0 Å². The summed E-state index contributed by atoms with van der Waals surface area (Å²) in [6.45, 7) is 7.60. The number of para-hydroxylation sites is 2. The van der Waals surface area contributed by atoms with Gasteiger partial charge in [0.25, 0.3) is 0 Å². The Bertz CT molecular complexity index is 804. The third kappa shape index (κ3) is 6.34. The van der Waals surface area contributed by atoms with Gasteiger partial charge in [0.1, 0.15) is 31.1 Å². The summed E-state index contributed by atoms with van der Waals surface area (Å²) in [5.74, 6) is 1.27. The summed E-state index contributed by atoms with van der Waals surface area (Å²) in [4.78, 5) is 11.5. The van der Waals surface area contributed by atoms with Gasteiger partial charge in [-0.05, 0) is 23.1 Å². The average Bonchev–Trinajstić information content (AvgIpc) is 2.64. The summed E-state index contributed by atoms with van der Waals surface area (Å²) in [6.07, 6.45) is -0.149. The summed E-state index contributed by atoms with van der Waals surface area (Å²) >= 11 is 0. The molecule has 0 atom stereocenters. The predicted octanol–water partition coefficient (Wildman–Crippen LogP) is 3.97. The molecule has 0 spiro atoms. The molecule has 5 nitrogen and oxygen atoms in total. The number of benzene rings is 2. The van der Waals surface area contributed by atoms with Crippen LogP contribution in [0.4, 0.5) is 0 Å². The van der Waals surface area contributed by atoms with Crippen LogP contribution in [0.15, 0.2) is 48.5 Å². The molecule has 2 rings (SSSR count). The molecule has 0 aliphatic rings. The second kappa shape index (κ2) is 9.63. The first kappa shape index (κ1) is 20.3. The average molecular weight is 366 g/mol. The highest BCUT2D eigenvalue weighted by Gasteiger charge is 2.18. The third-order valence-corrected chi connectivity index (χ3v) is 3.98. The van der Waals surface area contributed by atoms with Gasteiger partial charge in [0, 0.05) is 12.1 Å². The van der Waals surface area contributed by atoms with Crippen molar-refractivity contribution in [2.45, 2.75) is 39.2 Å². The maximum Gasteiger partial charge on any atom is 0.234 e. The van der Waals surface area contributed by atoms with Crippen molar-refractivity contribution >= 4 is 5.91 Å². The van der Waals surface area contributed by atoms with Crippen LogP contribution in [0.1, 0.15) is 38.3 Å². The number of carbonyl (C=O) groups is 1. The van der Waals surface area contributed by atoms with Crippen LogP contribution in [-0.4, -0.2) is 19.1 Å². The van der Waals surface area contributed by atoms with Gasteiger partial charge in [-0.2, -0.15) is 5.26 Å². The number of ether oxygens (including phenoxy) is 2. The van der Waals surface area contributed by atoms with Gasteiger partial charge in [-0.1, -0.05) is 57.2 Å². The monoisotopic (exact) mass is 366 g/mol. The van der Waals surface area contributed by atoms with Crippen molar-refractivity contribution in [3.63, 3.8) is 0 Å². The summed E-state index contributed by atoms with van der Waals surface area (Å²) in [7, 11) is 0. The van der Waals surface area contributed by atoms with Crippen molar-refractivity contribution in [2.24, 2.45) is 0 Å². The van der Waals surface area contributed by atoms with E-state index in [4.69, 9.17) is 14.7 Å². The molecule has 27 heavy (non-hydrogen) atoms. The van der Waals surface area contributed by atoms with Gasteiger partial charge >= 0.3 is 0 Å². The van der Waals surface area contributed by atoms with E-state index in [0.29, 0.717) is 25.5 Å². The molecule has 0 heterocycles. The molecule has 0 aliphatic heterocycles. The number of nitriles is 1. The van der Waals surface area contributed by atoms with Crippen molar-refractivity contribution in [3.05, 3.63) is 59.7 Å². The summed E-state index contributed by atoms with van der Waals surface area (Å²) in [5.41, 5.74) is 2.02. The summed E-state index contributed by atoms with van der Waals surface area (Å²) in [6, 6.07) is 17.4. The number of hydrogen-bond acceptors (Lipinski definition) is 4. The maximum absolute atomic E-state index is 11.5. The van der Waals surface area contributed by atoms with Crippen LogP contribution in [0.2, 0.25) is 0 Å². The molecule has 142 valence electrons. The first-order valence-corrected chi connectivity index (χ1v) is 8.98. The third-order valence-electron chi connectivity index (χ3n) is 3.98. The molecule has 5 heteroatoms. The largest absolute Gasteiger partial charge is 0.490 e. The van der Waals surface area contributed by atoms with Gasteiger partial charge in [0.2, 0.25) is 5.91 Å². The predicted molar refractivity (Wildman–Crippen MR) is 105 cm³/mol. The first-order valence-electron chi connectivity index (χ1n) is 8.98. The van der Waals surface area contributed by atoms with E-state index < -0.39 is 0 Å². The van der Waals surface area contributed by atoms with Crippen LogP contribution in [0.5, 0.6) is 11.5 Å². The Morgan fingerprint density at radius 1 is 1.00 bits per heavy atom. The Morgan fingerprint density at radius 2 is 1.59 bits per heavy atom. The molecular formula is C22H26N2O3. The zero-order valence-corrected chi connectivity index (χ0v) is 16.1. The molecule has 0 aromatic heterocycles. The second-order valence-electron chi connectivity index (χ2n) is 7.16. The molecular weight excluding hydrogens is 340 g/mol. The molecule has 2 aromatic rings. The topological polar surface area (TPSA) is 71.3 Å². The number of rotatable bonds is 8. The normalized spacial score (nSPS) is 10.7. The van der Waals surface area contributed by atoms with Crippen molar-refractivity contribution in [1.29, 1.82) is 5.26 Å². The Labute approximate surface area is 160 Å². The fourth-order valence-corrected chi connectivity index (χ4v) is 2.63. The quantitative estimate of drug-likeness (QED) is 0.718. The lowest BCUT2D eigenvalue weighted by Gasteiger charge is -2.22. The Kier molecular flexibility index (Phi) is 7.25. The number of nitrogens with one attached hydrogen (secondary N) is 1. The molecule has 0 aliphatic carbocycles. The Hall–Kier alpha value is -3.00. The maximum atomic E-state index is 11.5. The summed E-state index contributed by atoms with van der Waals surface area (Å²) < 4.78 is 11.8. The minimum atomic E-state index is -0.297. The Morgan fingerprint density at radius 3 is 2.26 bits per heavy atom. The van der Waals surface area contributed by atoms with Crippen LogP contribution in [-0.2, 0) is 16.8 Å². The number of nitrogens with zero attached hydrogens (tertiary/aromatic N) is 1. The molecule has 1 N–H and O–H groups in total. The van der Waals surface area contributed by atoms with Crippen molar-refractivity contribution < 1.29 is 14.3 Å². The smallest absolute Gasteiger partial charge is 0.234 e. The highest BCUT2D eigenvalue weighted by Crippen LogP contribution is 2.30. The van der Waals surface area contributed by atoms with Crippen molar-refractivity contribution in [3.8, 4) is 17.6 Å². The van der Waals surface area contributed by atoms with E-state index in [1.807, 2.05) is 48.5 Å². The van der Waals surface area contributed by atoms with Gasteiger partial charge in [-0.3, -0.25) is 4.79 Å². The lowest BCUT2D eigenvalue weighted by Crippen LogP contribution is -2.22.